The number of hydrogen-bond donors (Lipinski definition) is 1. The van der Waals surface area contributed by atoms with Crippen LogP contribution in [0.2, 0.25) is 0 Å². The minimum atomic E-state index is -0.834. The molecule has 2 N–H and O–H groups in total. The molecule has 8 heteroatoms. The van der Waals surface area contributed by atoms with Crippen LogP contribution in [0, 0.1) is 5.82 Å². The van der Waals surface area contributed by atoms with Gasteiger partial charge in [0.1, 0.15) is 18.1 Å². The van der Waals surface area contributed by atoms with E-state index in [1.54, 1.807) is 45.9 Å². The monoisotopic (exact) mass is 398 g/mol. The first kappa shape index (κ1) is 21.0. The van der Waals surface area contributed by atoms with Crippen LogP contribution in [0.15, 0.2) is 35.9 Å². The van der Waals surface area contributed by atoms with Crippen molar-refractivity contribution in [2.75, 3.05) is 32.5 Å². The molecule has 1 fully saturated rings. The molecular formula is C18H23FN2O3S2. The molecule has 0 amide bonds. The fourth-order valence-electron chi connectivity index (χ4n) is 2.92. The molecule has 0 bridgehead atoms. The van der Waals surface area contributed by atoms with Crippen LogP contribution in [0.1, 0.15) is 18.0 Å². The van der Waals surface area contributed by atoms with E-state index >= 15 is 0 Å². The highest BCUT2D eigenvalue weighted by Crippen LogP contribution is 2.38. The zero-order valence-corrected chi connectivity index (χ0v) is 16.2. The van der Waals surface area contributed by atoms with E-state index < -0.39 is 17.8 Å². The highest BCUT2D eigenvalue weighted by atomic mass is 33.1. The number of carbonyl (C=O) groups is 2. The van der Waals surface area contributed by atoms with Crippen LogP contribution in [0.4, 0.5) is 4.39 Å². The second-order valence-corrected chi connectivity index (χ2v) is 8.47. The van der Waals surface area contributed by atoms with Crippen molar-refractivity contribution in [2.24, 2.45) is 5.73 Å². The van der Waals surface area contributed by atoms with Crippen molar-refractivity contribution in [1.82, 2.24) is 4.90 Å². The Morgan fingerprint density at radius 2 is 2.27 bits per heavy atom. The van der Waals surface area contributed by atoms with Gasteiger partial charge in [-0.15, -0.1) is 0 Å². The summed E-state index contributed by atoms with van der Waals surface area (Å²) in [7, 11) is 4.66. The standard InChI is InChI=1S/C18H23FN2O3S2/c1-24-18(23)17(14-4-2-3-5-15(14)19)21-9-6-16(26-25-11-8-20)13(12-21)7-10-22/h2-5,7,10,16-17H,6,8-9,11-12,20H2,1H3/b13-7-. The van der Waals surface area contributed by atoms with Crippen LogP contribution < -0.4 is 5.73 Å². The van der Waals surface area contributed by atoms with E-state index in [2.05, 4.69) is 0 Å². The number of ether oxygens (including phenoxy) is 1. The lowest BCUT2D eigenvalue weighted by Gasteiger charge is -2.37. The SMILES string of the molecule is COC(=O)C(c1ccccc1F)N1CCC(SSCCN)/C(=C\C=O)C1. The predicted octanol–water partition coefficient (Wildman–Crippen LogP) is 2.58. The number of esters is 1. The average Bonchev–Trinajstić information content (AvgIpc) is 2.65. The lowest BCUT2D eigenvalue weighted by Crippen LogP contribution is -2.43. The summed E-state index contributed by atoms with van der Waals surface area (Å²) in [4.78, 5) is 25.3. The third kappa shape index (κ3) is 5.33. The molecule has 2 atom stereocenters. The van der Waals surface area contributed by atoms with E-state index in [9.17, 15) is 14.0 Å². The second kappa shape index (κ2) is 10.7. The topological polar surface area (TPSA) is 72.6 Å². The lowest BCUT2D eigenvalue weighted by atomic mass is 9.98. The van der Waals surface area contributed by atoms with Gasteiger partial charge in [-0.2, -0.15) is 0 Å². The smallest absolute Gasteiger partial charge is 0.327 e. The van der Waals surface area contributed by atoms with E-state index in [4.69, 9.17) is 10.5 Å². The van der Waals surface area contributed by atoms with Crippen LogP contribution in [-0.4, -0.2) is 54.9 Å². The molecule has 0 radical (unpaired) electrons. The number of benzene rings is 1. The lowest BCUT2D eigenvalue weighted by molar-refractivity contribution is -0.147. The summed E-state index contributed by atoms with van der Waals surface area (Å²) in [6, 6.07) is 5.38. The third-order valence-electron chi connectivity index (χ3n) is 4.13. The molecule has 26 heavy (non-hydrogen) atoms. The van der Waals surface area contributed by atoms with Gasteiger partial charge in [0, 0.05) is 36.2 Å². The molecule has 1 aromatic rings. The van der Waals surface area contributed by atoms with Gasteiger partial charge in [0.05, 0.1) is 7.11 Å². The van der Waals surface area contributed by atoms with Gasteiger partial charge in [-0.3, -0.25) is 9.69 Å². The zero-order chi connectivity index (χ0) is 18.9. The third-order valence-corrected chi connectivity index (χ3v) is 7.05. The fraction of sp³-hybridized carbons (Fsp3) is 0.444. The number of hydrogen-bond acceptors (Lipinski definition) is 7. The summed E-state index contributed by atoms with van der Waals surface area (Å²) in [6.45, 7) is 1.61. The molecule has 1 aliphatic rings. The van der Waals surface area contributed by atoms with Crippen LogP contribution >= 0.6 is 21.6 Å². The first-order valence-electron chi connectivity index (χ1n) is 8.31. The summed E-state index contributed by atoms with van der Waals surface area (Å²) >= 11 is 0. The Bertz CT molecular complexity index is 657. The first-order valence-corrected chi connectivity index (χ1v) is 10.7. The van der Waals surface area contributed by atoms with Gasteiger partial charge >= 0.3 is 5.97 Å². The minimum Gasteiger partial charge on any atom is -0.468 e. The number of piperidine rings is 1. The molecule has 1 aliphatic heterocycles. The van der Waals surface area contributed by atoms with Gasteiger partial charge in [0.15, 0.2) is 0 Å². The molecule has 2 unspecified atom stereocenters. The minimum absolute atomic E-state index is 0.173. The van der Waals surface area contributed by atoms with Crippen LogP contribution in [0.3, 0.4) is 0 Å². The Balaban J connectivity index is 2.22. The molecule has 2 rings (SSSR count). The van der Waals surface area contributed by atoms with Crippen LogP contribution in [0.25, 0.3) is 0 Å². The number of nitrogens with zero attached hydrogens (tertiary/aromatic N) is 1. The Hall–Kier alpha value is -1.35. The van der Waals surface area contributed by atoms with Gasteiger partial charge in [-0.1, -0.05) is 39.8 Å². The van der Waals surface area contributed by atoms with Crippen molar-refractivity contribution in [3.63, 3.8) is 0 Å². The Morgan fingerprint density at radius 1 is 1.50 bits per heavy atom. The van der Waals surface area contributed by atoms with Crippen molar-refractivity contribution < 1.29 is 18.7 Å². The maximum Gasteiger partial charge on any atom is 0.327 e. The molecular weight excluding hydrogens is 375 g/mol. The number of rotatable bonds is 8. The highest BCUT2D eigenvalue weighted by Gasteiger charge is 2.35. The number of nitrogens with two attached hydrogens (primary N) is 1. The van der Waals surface area contributed by atoms with Gasteiger partial charge in [-0.05, 0) is 24.1 Å². The van der Waals surface area contributed by atoms with Crippen molar-refractivity contribution in [1.29, 1.82) is 0 Å². The van der Waals surface area contributed by atoms with E-state index in [0.717, 1.165) is 24.0 Å². The summed E-state index contributed by atoms with van der Waals surface area (Å²) in [5.41, 5.74) is 6.73. The number of halogens is 1. The predicted molar refractivity (Wildman–Crippen MR) is 104 cm³/mol. The summed E-state index contributed by atoms with van der Waals surface area (Å²) in [5, 5.41) is 0.173. The summed E-state index contributed by atoms with van der Waals surface area (Å²) < 4.78 is 19.2. The van der Waals surface area contributed by atoms with Gasteiger partial charge in [0.2, 0.25) is 0 Å². The van der Waals surface area contributed by atoms with Gasteiger partial charge < -0.3 is 10.5 Å². The van der Waals surface area contributed by atoms with Gasteiger partial charge in [-0.25, -0.2) is 9.18 Å². The van der Waals surface area contributed by atoms with E-state index in [-0.39, 0.29) is 10.8 Å². The normalized spacial score (nSPS) is 20.7. The number of aldehydes is 1. The number of methoxy groups -OCH3 is 1. The van der Waals surface area contributed by atoms with Crippen LogP contribution in [-0.2, 0) is 14.3 Å². The molecule has 0 spiro atoms. The molecule has 1 saturated heterocycles. The molecule has 0 saturated carbocycles. The van der Waals surface area contributed by atoms with Crippen molar-refractivity contribution in [3.05, 3.63) is 47.3 Å². The van der Waals surface area contributed by atoms with Crippen molar-refractivity contribution in [3.8, 4) is 0 Å². The maximum atomic E-state index is 14.3. The number of likely N-dealkylation sites (tertiary alicyclic amines) is 1. The van der Waals surface area contributed by atoms with Crippen molar-refractivity contribution >= 4 is 33.8 Å². The molecule has 142 valence electrons. The Morgan fingerprint density at radius 3 is 2.92 bits per heavy atom. The molecule has 1 heterocycles. The number of carbonyl (C=O) groups excluding carboxylic acids is 2. The van der Waals surface area contributed by atoms with Gasteiger partial charge in [0.25, 0.3) is 0 Å². The Kier molecular flexibility index (Phi) is 8.64. The molecule has 0 aromatic heterocycles. The second-order valence-electron chi connectivity index (χ2n) is 5.78. The molecule has 5 nitrogen and oxygen atoms in total. The van der Waals surface area contributed by atoms with Crippen molar-refractivity contribution in [2.45, 2.75) is 17.7 Å². The van der Waals surface area contributed by atoms with E-state index in [1.165, 1.54) is 13.2 Å². The van der Waals surface area contributed by atoms with E-state index in [0.29, 0.717) is 19.6 Å². The first-order chi connectivity index (χ1) is 12.6. The fourth-order valence-corrected chi connectivity index (χ4v) is 5.49. The van der Waals surface area contributed by atoms with E-state index in [1.807, 2.05) is 4.90 Å². The number of allylic oxidation sites excluding steroid dienone is 1. The maximum absolute atomic E-state index is 14.3. The quantitative estimate of drug-likeness (QED) is 0.237. The molecule has 0 aliphatic carbocycles. The Labute approximate surface area is 160 Å². The molecule has 1 aromatic carbocycles. The zero-order valence-electron chi connectivity index (χ0n) is 14.6. The average molecular weight is 399 g/mol. The summed E-state index contributed by atoms with van der Waals surface area (Å²) in [6.07, 6.45) is 3.06. The highest BCUT2D eigenvalue weighted by molar-refractivity contribution is 8.77. The largest absolute Gasteiger partial charge is 0.468 e. The summed E-state index contributed by atoms with van der Waals surface area (Å²) in [5.74, 6) is -0.123. The van der Waals surface area contributed by atoms with Crippen LogP contribution in [0.5, 0.6) is 0 Å².